The molecule has 1 aromatic carbocycles. The van der Waals surface area contributed by atoms with E-state index < -0.39 is 0 Å². The van der Waals surface area contributed by atoms with Crippen LogP contribution in [-0.4, -0.2) is 50.7 Å². The Balaban J connectivity index is 1.38. The van der Waals surface area contributed by atoms with Crippen LogP contribution in [0.1, 0.15) is 22.5 Å². The highest BCUT2D eigenvalue weighted by molar-refractivity contribution is 6.05. The molecular formula is C25H24N6O. The number of hydrogen-bond donors (Lipinski definition) is 1. The predicted molar refractivity (Wildman–Crippen MR) is 126 cm³/mol. The van der Waals surface area contributed by atoms with Gasteiger partial charge in [-0.3, -0.25) is 14.5 Å². The molecule has 0 spiro atoms. The minimum atomic E-state index is -0.197. The van der Waals surface area contributed by atoms with Gasteiger partial charge in [-0.1, -0.05) is 18.2 Å². The SMILES string of the molecule is CN1CC=C(c2cc(C(=O)Nc3cc4cc(-c5cnn(C)c5)ccc4cn3)ccn2)CC1. The van der Waals surface area contributed by atoms with E-state index in [-0.39, 0.29) is 5.91 Å². The van der Waals surface area contributed by atoms with Gasteiger partial charge in [-0.15, -0.1) is 0 Å². The van der Waals surface area contributed by atoms with Crippen molar-refractivity contribution in [1.29, 1.82) is 0 Å². The van der Waals surface area contributed by atoms with Crippen molar-refractivity contribution in [3.63, 3.8) is 0 Å². The van der Waals surface area contributed by atoms with Crippen LogP contribution in [0.4, 0.5) is 5.82 Å². The van der Waals surface area contributed by atoms with Crippen molar-refractivity contribution < 1.29 is 4.79 Å². The molecule has 7 nitrogen and oxygen atoms in total. The molecule has 4 aromatic rings. The largest absolute Gasteiger partial charge is 0.307 e. The number of nitrogens with one attached hydrogen (secondary N) is 1. The fourth-order valence-electron chi connectivity index (χ4n) is 3.90. The van der Waals surface area contributed by atoms with Gasteiger partial charge in [0.05, 0.1) is 11.9 Å². The summed E-state index contributed by atoms with van der Waals surface area (Å²) in [6.07, 6.45) is 10.4. The van der Waals surface area contributed by atoms with Gasteiger partial charge >= 0.3 is 0 Å². The number of anilines is 1. The first-order valence-electron chi connectivity index (χ1n) is 10.6. The van der Waals surface area contributed by atoms with Crippen LogP contribution in [0.5, 0.6) is 0 Å². The highest BCUT2D eigenvalue weighted by Gasteiger charge is 2.14. The lowest BCUT2D eigenvalue weighted by molar-refractivity contribution is 0.102. The zero-order chi connectivity index (χ0) is 22.1. The van der Waals surface area contributed by atoms with Crippen LogP contribution in [0, 0.1) is 0 Å². The van der Waals surface area contributed by atoms with Crippen molar-refractivity contribution in [3.05, 3.63) is 78.5 Å². The smallest absolute Gasteiger partial charge is 0.256 e. The first-order chi connectivity index (χ1) is 15.5. The summed E-state index contributed by atoms with van der Waals surface area (Å²) in [5.74, 6) is 0.320. The Bertz CT molecular complexity index is 1340. The van der Waals surface area contributed by atoms with Gasteiger partial charge in [-0.25, -0.2) is 4.98 Å². The summed E-state index contributed by atoms with van der Waals surface area (Å²) < 4.78 is 1.78. The normalized spacial score (nSPS) is 14.4. The average molecular weight is 425 g/mol. The summed E-state index contributed by atoms with van der Waals surface area (Å²) in [5.41, 5.74) is 4.73. The highest BCUT2D eigenvalue weighted by Crippen LogP contribution is 2.26. The fraction of sp³-hybridized carbons (Fsp3) is 0.200. The molecule has 3 aromatic heterocycles. The van der Waals surface area contributed by atoms with E-state index in [0.29, 0.717) is 11.4 Å². The van der Waals surface area contributed by atoms with E-state index in [2.05, 4.69) is 50.5 Å². The minimum absolute atomic E-state index is 0.197. The topological polar surface area (TPSA) is 75.9 Å². The number of pyridine rings is 2. The number of aryl methyl sites for hydroxylation is 1. The molecule has 32 heavy (non-hydrogen) atoms. The van der Waals surface area contributed by atoms with Crippen LogP contribution < -0.4 is 5.32 Å². The molecular weight excluding hydrogens is 400 g/mol. The van der Waals surface area contributed by atoms with Gasteiger partial charge in [-0.05, 0) is 54.3 Å². The zero-order valence-corrected chi connectivity index (χ0v) is 18.1. The third kappa shape index (κ3) is 4.15. The van der Waals surface area contributed by atoms with Gasteiger partial charge in [0.25, 0.3) is 5.91 Å². The van der Waals surface area contributed by atoms with E-state index in [1.54, 1.807) is 23.1 Å². The summed E-state index contributed by atoms with van der Waals surface area (Å²) in [6.45, 7) is 1.89. The summed E-state index contributed by atoms with van der Waals surface area (Å²) >= 11 is 0. The van der Waals surface area contributed by atoms with Crippen LogP contribution in [0.3, 0.4) is 0 Å². The van der Waals surface area contributed by atoms with Crippen molar-refractivity contribution in [2.24, 2.45) is 7.05 Å². The molecule has 0 aliphatic carbocycles. The van der Waals surface area contributed by atoms with E-state index in [4.69, 9.17) is 0 Å². The number of nitrogens with zero attached hydrogens (tertiary/aromatic N) is 5. The molecule has 0 atom stereocenters. The Morgan fingerprint density at radius 3 is 2.69 bits per heavy atom. The Labute approximate surface area is 186 Å². The zero-order valence-electron chi connectivity index (χ0n) is 18.1. The first-order valence-corrected chi connectivity index (χ1v) is 10.6. The Morgan fingerprint density at radius 1 is 1.00 bits per heavy atom. The van der Waals surface area contributed by atoms with Crippen LogP contribution in [-0.2, 0) is 7.05 Å². The molecule has 5 rings (SSSR count). The molecule has 1 N–H and O–H groups in total. The predicted octanol–water partition coefficient (Wildman–Crippen LogP) is 4.00. The van der Waals surface area contributed by atoms with Crippen molar-refractivity contribution in [2.75, 3.05) is 25.5 Å². The van der Waals surface area contributed by atoms with Crippen molar-refractivity contribution in [1.82, 2.24) is 24.6 Å². The molecule has 1 aliphatic heterocycles. The van der Waals surface area contributed by atoms with Crippen LogP contribution in [0.2, 0.25) is 0 Å². The molecule has 0 unspecified atom stereocenters. The van der Waals surface area contributed by atoms with E-state index in [1.165, 1.54) is 5.57 Å². The molecule has 0 bridgehead atoms. The van der Waals surface area contributed by atoms with Crippen molar-refractivity contribution >= 4 is 28.1 Å². The first kappa shape index (κ1) is 20.1. The van der Waals surface area contributed by atoms with Crippen LogP contribution >= 0.6 is 0 Å². The number of benzene rings is 1. The monoisotopic (exact) mass is 424 g/mol. The molecule has 160 valence electrons. The maximum absolute atomic E-state index is 12.9. The van der Waals surface area contributed by atoms with E-state index >= 15 is 0 Å². The fourth-order valence-corrected chi connectivity index (χ4v) is 3.90. The lowest BCUT2D eigenvalue weighted by Gasteiger charge is -2.21. The quantitative estimate of drug-likeness (QED) is 0.536. The molecule has 0 radical (unpaired) electrons. The number of carbonyl (C=O) groups excluding carboxylic acids is 1. The van der Waals surface area contributed by atoms with E-state index in [1.807, 2.05) is 37.6 Å². The Kier molecular flexibility index (Phi) is 5.25. The summed E-state index contributed by atoms with van der Waals surface area (Å²) in [4.78, 5) is 24.1. The van der Waals surface area contributed by atoms with Crippen LogP contribution in [0.15, 0.2) is 67.3 Å². The second kappa shape index (κ2) is 8.36. The third-order valence-electron chi connectivity index (χ3n) is 5.76. The average Bonchev–Trinajstić information content (AvgIpc) is 3.25. The minimum Gasteiger partial charge on any atom is -0.307 e. The third-order valence-corrected chi connectivity index (χ3v) is 5.76. The summed E-state index contributed by atoms with van der Waals surface area (Å²) in [7, 11) is 4.00. The summed E-state index contributed by atoms with van der Waals surface area (Å²) in [6, 6.07) is 11.6. The van der Waals surface area contributed by atoms with Gasteiger partial charge in [0.15, 0.2) is 0 Å². The van der Waals surface area contributed by atoms with Gasteiger partial charge in [-0.2, -0.15) is 5.10 Å². The summed E-state index contributed by atoms with van der Waals surface area (Å²) in [5, 5.41) is 9.19. The van der Waals surface area contributed by atoms with Gasteiger partial charge in [0, 0.05) is 55.2 Å². The second-order valence-electron chi connectivity index (χ2n) is 8.16. The highest BCUT2D eigenvalue weighted by atomic mass is 16.1. The van der Waals surface area contributed by atoms with Gasteiger partial charge < -0.3 is 10.2 Å². The van der Waals surface area contributed by atoms with E-state index in [9.17, 15) is 4.79 Å². The molecule has 1 aliphatic rings. The van der Waals surface area contributed by atoms with E-state index in [0.717, 1.165) is 47.1 Å². The second-order valence-corrected chi connectivity index (χ2v) is 8.16. The molecule has 0 saturated heterocycles. The molecule has 0 saturated carbocycles. The number of fused-ring (bicyclic) bond motifs is 1. The van der Waals surface area contributed by atoms with Gasteiger partial charge in [0.1, 0.15) is 5.82 Å². The Morgan fingerprint density at radius 2 is 1.91 bits per heavy atom. The maximum atomic E-state index is 12.9. The number of aromatic nitrogens is 4. The standard InChI is InChI=1S/C25H24N6O/c1-30-9-6-17(7-10-30)23-12-19(5-8-26-23)25(32)29-24-13-21-11-18(3-4-20(21)14-27-24)22-15-28-31(2)16-22/h3-6,8,11-16H,7,9-10H2,1-2H3,(H,27,29,32). The lowest BCUT2D eigenvalue weighted by atomic mass is 10.0. The number of hydrogen-bond acceptors (Lipinski definition) is 5. The molecule has 1 amide bonds. The van der Waals surface area contributed by atoms with Crippen molar-refractivity contribution in [3.8, 4) is 11.1 Å². The number of rotatable bonds is 4. The number of carbonyl (C=O) groups is 1. The molecule has 0 fully saturated rings. The number of amides is 1. The van der Waals surface area contributed by atoms with Crippen LogP contribution in [0.25, 0.3) is 27.5 Å². The number of likely N-dealkylation sites (N-methyl/N-ethyl adjacent to an activating group) is 1. The Hall–Kier alpha value is -3.84. The van der Waals surface area contributed by atoms with Crippen molar-refractivity contribution in [2.45, 2.75) is 6.42 Å². The lowest BCUT2D eigenvalue weighted by Crippen LogP contribution is -2.24. The molecule has 7 heteroatoms. The molecule has 4 heterocycles. The van der Waals surface area contributed by atoms with Gasteiger partial charge in [0.2, 0.25) is 0 Å². The maximum Gasteiger partial charge on any atom is 0.256 e.